The van der Waals surface area contributed by atoms with Gasteiger partial charge < -0.3 is 20.5 Å². The van der Waals surface area contributed by atoms with Gasteiger partial charge in [0.1, 0.15) is 17.5 Å². The van der Waals surface area contributed by atoms with Crippen molar-refractivity contribution in [3.05, 3.63) is 99.5 Å². The second-order valence-electron chi connectivity index (χ2n) is 7.10. The van der Waals surface area contributed by atoms with Gasteiger partial charge in [-0.25, -0.2) is 0 Å². The number of nitrogens with two attached hydrogens (primary N) is 1. The number of halogens is 2. The van der Waals surface area contributed by atoms with E-state index < -0.39 is 0 Å². The van der Waals surface area contributed by atoms with Crippen LogP contribution in [0.2, 0.25) is 10.0 Å². The quantitative estimate of drug-likeness (QED) is 0.519. The number of hydrogen-bond acceptors (Lipinski definition) is 3. The lowest BCUT2D eigenvalue weighted by atomic mass is 9.98. The minimum absolute atomic E-state index is 0.131. The van der Waals surface area contributed by atoms with Gasteiger partial charge in [0.25, 0.3) is 0 Å². The Morgan fingerprint density at radius 2 is 1.77 bits per heavy atom. The Kier molecular flexibility index (Phi) is 6.18. The predicted molar refractivity (Wildman–Crippen MR) is 121 cm³/mol. The average Bonchev–Trinajstić information content (AvgIpc) is 2.76. The van der Waals surface area contributed by atoms with Crippen LogP contribution >= 0.6 is 23.2 Å². The van der Waals surface area contributed by atoms with Crippen LogP contribution in [0, 0.1) is 0 Å². The van der Waals surface area contributed by atoms with E-state index in [4.69, 9.17) is 27.9 Å². The highest BCUT2D eigenvalue weighted by Crippen LogP contribution is 2.32. The Bertz CT molecular complexity index is 1070. The van der Waals surface area contributed by atoms with Gasteiger partial charge in [0.15, 0.2) is 6.17 Å². The summed E-state index contributed by atoms with van der Waals surface area (Å²) in [6, 6.07) is 20.7. The van der Waals surface area contributed by atoms with Gasteiger partial charge in [0.2, 0.25) is 0 Å². The maximum atomic E-state index is 10.5. The maximum absolute atomic E-state index is 10.5. The minimum Gasteiger partial charge on any atom is -0.507 e. The molecule has 0 bridgehead atoms. The number of rotatable bonds is 5. The highest BCUT2D eigenvalue weighted by Gasteiger charge is 2.30. The van der Waals surface area contributed by atoms with E-state index in [1.807, 2.05) is 55.5 Å². The zero-order valence-corrected chi connectivity index (χ0v) is 18.0. The zero-order valence-electron chi connectivity index (χ0n) is 16.5. The summed E-state index contributed by atoms with van der Waals surface area (Å²) in [4.78, 5) is 0. The first kappa shape index (κ1) is 20.6. The van der Waals surface area contributed by atoms with Crippen LogP contribution in [0.25, 0.3) is 5.70 Å². The summed E-state index contributed by atoms with van der Waals surface area (Å²) in [5, 5.41) is 17.5. The second-order valence-corrected chi connectivity index (χ2v) is 7.95. The SMILES string of the molecule is CCOc1ccc(C2=CC(c3cc(Cl)ccc3O)[NH2+]C(c3ccccc3Cl)N2)cc1. The van der Waals surface area contributed by atoms with E-state index in [2.05, 4.69) is 16.7 Å². The molecule has 4 rings (SSSR count). The highest BCUT2D eigenvalue weighted by atomic mass is 35.5. The van der Waals surface area contributed by atoms with Crippen LogP contribution in [0.15, 0.2) is 72.8 Å². The second kappa shape index (κ2) is 9.00. The Balaban J connectivity index is 1.75. The molecule has 4 nitrogen and oxygen atoms in total. The summed E-state index contributed by atoms with van der Waals surface area (Å²) in [5.41, 5.74) is 3.71. The van der Waals surface area contributed by atoms with Crippen LogP contribution in [0.5, 0.6) is 11.5 Å². The molecule has 3 aromatic rings. The van der Waals surface area contributed by atoms with Crippen LogP contribution in [0.3, 0.4) is 0 Å². The molecular weight excluding hydrogens is 419 g/mol. The molecule has 0 fully saturated rings. The summed E-state index contributed by atoms with van der Waals surface area (Å²) in [6.45, 7) is 2.59. The summed E-state index contributed by atoms with van der Waals surface area (Å²) in [5.74, 6) is 1.04. The largest absolute Gasteiger partial charge is 0.507 e. The van der Waals surface area contributed by atoms with E-state index in [-0.39, 0.29) is 18.0 Å². The molecule has 0 spiro atoms. The zero-order chi connectivity index (χ0) is 21.1. The van der Waals surface area contributed by atoms with Crippen LogP contribution < -0.4 is 15.4 Å². The first-order valence-corrected chi connectivity index (χ1v) is 10.6. The number of phenolic OH excluding ortho intramolecular Hbond substituents is 1. The van der Waals surface area contributed by atoms with Crippen molar-refractivity contribution in [2.75, 3.05) is 6.61 Å². The van der Waals surface area contributed by atoms with E-state index in [1.165, 1.54) is 0 Å². The Morgan fingerprint density at radius 3 is 2.50 bits per heavy atom. The number of nitrogens with one attached hydrogen (secondary N) is 1. The van der Waals surface area contributed by atoms with E-state index in [1.54, 1.807) is 18.2 Å². The van der Waals surface area contributed by atoms with Crippen LogP contribution in [-0.2, 0) is 0 Å². The Hall–Kier alpha value is -2.66. The summed E-state index contributed by atoms with van der Waals surface area (Å²) in [6.07, 6.45) is 1.96. The molecule has 0 saturated carbocycles. The smallest absolute Gasteiger partial charge is 0.188 e. The normalized spacial score (nSPS) is 18.4. The lowest BCUT2D eigenvalue weighted by molar-refractivity contribution is -0.731. The fraction of sp³-hybridized carbons (Fsp3) is 0.167. The number of benzene rings is 3. The standard InChI is InChI=1S/C24H22Cl2N2O2/c1-2-30-17-10-7-15(8-11-17)21-14-22(19-13-16(25)9-12-23(19)29)28-24(27-21)18-5-3-4-6-20(18)26/h3-14,22,24,27-29H,2H2,1H3/p+1. The van der Waals surface area contributed by atoms with Gasteiger partial charge in [0, 0.05) is 22.4 Å². The van der Waals surface area contributed by atoms with Crippen molar-refractivity contribution in [3.63, 3.8) is 0 Å². The molecule has 2 atom stereocenters. The van der Waals surface area contributed by atoms with Crippen molar-refractivity contribution >= 4 is 28.9 Å². The van der Waals surface area contributed by atoms with Crippen molar-refractivity contribution in [2.24, 2.45) is 0 Å². The Morgan fingerprint density at radius 1 is 1.00 bits per heavy atom. The molecular formula is C24H23Cl2N2O2+. The molecule has 0 saturated heterocycles. The van der Waals surface area contributed by atoms with Gasteiger partial charge in [-0.15, -0.1) is 0 Å². The van der Waals surface area contributed by atoms with Gasteiger partial charge in [-0.3, -0.25) is 0 Å². The molecule has 6 heteroatoms. The molecule has 2 unspecified atom stereocenters. The van der Waals surface area contributed by atoms with E-state index in [9.17, 15) is 5.11 Å². The minimum atomic E-state index is -0.146. The fourth-order valence-corrected chi connectivity index (χ4v) is 4.11. The average molecular weight is 442 g/mol. The van der Waals surface area contributed by atoms with E-state index in [0.717, 1.165) is 28.1 Å². The summed E-state index contributed by atoms with van der Waals surface area (Å²) in [7, 11) is 0. The monoisotopic (exact) mass is 441 g/mol. The lowest BCUT2D eigenvalue weighted by Gasteiger charge is -2.30. The molecule has 1 aliphatic heterocycles. The first-order valence-electron chi connectivity index (χ1n) is 9.84. The van der Waals surface area contributed by atoms with Crippen LogP contribution in [0.4, 0.5) is 0 Å². The van der Waals surface area contributed by atoms with Crippen molar-refractivity contribution in [3.8, 4) is 11.5 Å². The van der Waals surface area contributed by atoms with Crippen LogP contribution in [0.1, 0.15) is 35.8 Å². The molecule has 0 radical (unpaired) electrons. The summed E-state index contributed by atoms with van der Waals surface area (Å²) < 4.78 is 5.56. The highest BCUT2D eigenvalue weighted by molar-refractivity contribution is 6.31. The molecule has 1 heterocycles. The Labute approximate surface area is 186 Å². The number of phenols is 1. The van der Waals surface area contributed by atoms with Gasteiger partial charge in [-0.1, -0.05) is 35.3 Å². The topological polar surface area (TPSA) is 58.1 Å². The van der Waals surface area contributed by atoms with Crippen molar-refractivity contribution in [1.82, 2.24) is 5.32 Å². The molecule has 30 heavy (non-hydrogen) atoms. The van der Waals surface area contributed by atoms with Crippen molar-refractivity contribution in [1.29, 1.82) is 0 Å². The van der Waals surface area contributed by atoms with Gasteiger partial charge in [0.05, 0.1) is 17.2 Å². The third-order valence-electron chi connectivity index (χ3n) is 5.12. The molecule has 154 valence electrons. The summed E-state index contributed by atoms with van der Waals surface area (Å²) >= 11 is 12.7. The first-order chi connectivity index (χ1) is 14.5. The molecule has 0 aliphatic carbocycles. The van der Waals surface area contributed by atoms with Crippen molar-refractivity contribution in [2.45, 2.75) is 19.1 Å². The molecule has 1 aliphatic rings. The number of ether oxygens (including phenoxy) is 1. The van der Waals surface area contributed by atoms with Gasteiger partial charge in [-0.2, -0.15) is 0 Å². The fourth-order valence-electron chi connectivity index (χ4n) is 3.68. The van der Waals surface area contributed by atoms with E-state index in [0.29, 0.717) is 16.7 Å². The molecule has 0 aromatic heterocycles. The number of aromatic hydroxyl groups is 1. The number of quaternary nitrogens is 1. The van der Waals surface area contributed by atoms with Gasteiger partial charge in [-0.05, 0) is 67.1 Å². The lowest BCUT2D eigenvalue weighted by Crippen LogP contribution is -2.89. The van der Waals surface area contributed by atoms with Gasteiger partial charge >= 0.3 is 0 Å². The third kappa shape index (κ3) is 4.41. The molecule has 0 amide bonds. The maximum Gasteiger partial charge on any atom is 0.188 e. The predicted octanol–water partition coefficient (Wildman–Crippen LogP) is 5.05. The van der Waals surface area contributed by atoms with Crippen molar-refractivity contribution < 1.29 is 15.2 Å². The molecule has 4 N–H and O–H groups in total. The van der Waals surface area contributed by atoms with Crippen LogP contribution in [-0.4, -0.2) is 11.7 Å². The van der Waals surface area contributed by atoms with E-state index >= 15 is 0 Å². The number of hydrogen-bond donors (Lipinski definition) is 3. The molecule has 3 aromatic carbocycles. The third-order valence-corrected chi connectivity index (χ3v) is 5.70.